The number of nitrogens with zero attached hydrogens (tertiary/aromatic N) is 2. The van der Waals surface area contributed by atoms with Crippen molar-refractivity contribution in [1.29, 1.82) is 0 Å². The molecule has 2 aromatic carbocycles. The number of nitrogens with one attached hydrogen (secondary N) is 3. The summed E-state index contributed by atoms with van der Waals surface area (Å²) in [7, 11) is 0. The molecule has 2 aromatic heterocycles. The molecule has 0 atom stereocenters. The van der Waals surface area contributed by atoms with Gasteiger partial charge in [0.2, 0.25) is 0 Å². The molecule has 4 aromatic rings. The minimum absolute atomic E-state index is 0.175. The number of hydrogen-bond donors (Lipinski definition) is 5. The van der Waals surface area contributed by atoms with Crippen LogP contribution in [-0.2, 0) is 0 Å². The summed E-state index contributed by atoms with van der Waals surface area (Å²) in [6.45, 7) is 1.11. The number of carbonyl (C=O) groups is 2. The highest BCUT2D eigenvalue weighted by Crippen LogP contribution is 2.12. The molecule has 0 aliphatic carbocycles. The Balaban J connectivity index is 1.24. The summed E-state index contributed by atoms with van der Waals surface area (Å²) in [4.78, 5) is 49.2. The molecule has 0 unspecified atom stereocenters. The number of carbonyl (C=O) groups excluding carboxylic acids is 2. The third-order valence-electron chi connectivity index (χ3n) is 5.45. The normalized spacial score (nSPS) is 11.0. The zero-order valence-electron chi connectivity index (χ0n) is 18.5. The van der Waals surface area contributed by atoms with Gasteiger partial charge in [0, 0.05) is 26.2 Å². The molecule has 0 fully saturated rings. The van der Waals surface area contributed by atoms with Crippen molar-refractivity contribution in [3.8, 4) is 0 Å². The second-order valence-electron chi connectivity index (χ2n) is 7.73. The lowest BCUT2D eigenvalue weighted by molar-refractivity contribution is 0.0887. The molecule has 4 rings (SSSR count). The maximum Gasteiger partial charge on any atom is 0.291 e. The summed E-state index contributed by atoms with van der Waals surface area (Å²) >= 11 is 0. The molecular weight excluding hydrogens is 454 g/mol. The highest BCUT2D eigenvalue weighted by Gasteiger charge is 2.16. The summed E-state index contributed by atoms with van der Waals surface area (Å²) in [6.07, 6.45) is 0. The Morgan fingerprint density at radius 1 is 0.657 bits per heavy atom. The first kappa shape index (κ1) is 23.5. The Morgan fingerprint density at radius 3 is 1.49 bits per heavy atom. The van der Waals surface area contributed by atoms with Crippen molar-refractivity contribution in [2.45, 2.75) is 0 Å². The highest BCUT2D eigenvalue weighted by atomic mass is 16.5. The molecule has 5 N–H and O–H groups in total. The Hall–Kier alpha value is -4.64. The fourth-order valence-corrected chi connectivity index (χ4v) is 3.66. The lowest BCUT2D eigenvalue weighted by atomic mass is 10.1. The van der Waals surface area contributed by atoms with Crippen LogP contribution in [0.5, 0.6) is 0 Å². The van der Waals surface area contributed by atoms with Gasteiger partial charge in [-0.25, -0.2) is 0 Å². The summed E-state index contributed by atoms with van der Waals surface area (Å²) in [6, 6.07) is 16.1. The molecule has 2 heterocycles. The van der Waals surface area contributed by atoms with E-state index in [9.17, 15) is 29.6 Å². The third-order valence-corrected chi connectivity index (χ3v) is 5.45. The van der Waals surface area contributed by atoms with Crippen molar-refractivity contribution in [3.63, 3.8) is 0 Å². The molecule has 2 amide bonds. The van der Waals surface area contributed by atoms with Crippen molar-refractivity contribution in [2.24, 2.45) is 0 Å². The zero-order chi connectivity index (χ0) is 24.9. The maximum atomic E-state index is 12.4. The average molecular weight is 477 g/mol. The number of aromatic nitrogens is 2. The van der Waals surface area contributed by atoms with Gasteiger partial charge in [-0.3, -0.25) is 19.2 Å². The standard InChI is InChI=1S/C24H23N5O6/c30-21(19-13-15-5-1-3-7-17(15)23(32)28(19)34)26-11-9-25-10-12-27-22(31)20-14-16-6-2-4-8-18(16)24(33)29(20)35/h1-8,13-14,25,34-35H,9-12H2,(H,26,30)(H,27,31). The molecule has 0 aliphatic rings. The van der Waals surface area contributed by atoms with E-state index < -0.39 is 22.9 Å². The number of amides is 2. The van der Waals surface area contributed by atoms with E-state index in [2.05, 4.69) is 16.0 Å². The molecule has 11 nitrogen and oxygen atoms in total. The van der Waals surface area contributed by atoms with Crippen LogP contribution in [0.1, 0.15) is 21.0 Å². The number of rotatable bonds is 8. The van der Waals surface area contributed by atoms with Crippen LogP contribution in [-0.4, -0.2) is 57.9 Å². The Bertz CT molecular complexity index is 1430. The van der Waals surface area contributed by atoms with E-state index >= 15 is 0 Å². The lowest BCUT2D eigenvalue weighted by Crippen LogP contribution is -2.38. The van der Waals surface area contributed by atoms with Crippen LogP contribution in [0.15, 0.2) is 70.3 Å². The molecule has 0 saturated carbocycles. The Kier molecular flexibility index (Phi) is 6.78. The predicted molar refractivity (Wildman–Crippen MR) is 128 cm³/mol. The van der Waals surface area contributed by atoms with E-state index in [0.29, 0.717) is 44.1 Å². The first-order chi connectivity index (χ1) is 16.9. The minimum atomic E-state index is -0.679. The summed E-state index contributed by atoms with van der Waals surface area (Å²) < 4.78 is 0.655. The Labute approximate surface area is 198 Å². The van der Waals surface area contributed by atoms with E-state index in [4.69, 9.17) is 0 Å². The van der Waals surface area contributed by atoms with Crippen LogP contribution in [0.3, 0.4) is 0 Å². The van der Waals surface area contributed by atoms with Crippen LogP contribution in [0, 0.1) is 0 Å². The first-order valence-electron chi connectivity index (χ1n) is 10.8. The van der Waals surface area contributed by atoms with Gasteiger partial charge in [-0.05, 0) is 35.0 Å². The third kappa shape index (κ3) is 4.84. The van der Waals surface area contributed by atoms with Crippen LogP contribution in [0.25, 0.3) is 21.5 Å². The Morgan fingerprint density at radius 2 is 1.06 bits per heavy atom. The van der Waals surface area contributed by atoms with Gasteiger partial charge in [0.05, 0.1) is 10.8 Å². The van der Waals surface area contributed by atoms with Crippen molar-refractivity contribution >= 4 is 33.4 Å². The fourth-order valence-electron chi connectivity index (χ4n) is 3.66. The van der Waals surface area contributed by atoms with Crippen LogP contribution >= 0.6 is 0 Å². The molecule has 11 heteroatoms. The highest BCUT2D eigenvalue weighted by molar-refractivity contribution is 5.97. The predicted octanol–water partition coefficient (Wildman–Crippen LogP) is 0.540. The number of fused-ring (bicyclic) bond motifs is 2. The van der Waals surface area contributed by atoms with E-state index in [1.54, 1.807) is 48.5 Å². The SMILES string of the molecule is O=C(NCCNCCNC(=O)c1cc2ccccc2c(=O)n1O)c1cc2ccccc2c(=O)n1O. The van der Waals surface area contributed by atoms with Crippen LogP contribution < -0.4 is 27.1 Å². The fraction of sp³-hybridized carbons (Fsp3) is 0.167. The topological polar surface area (TPSA) is 155 Å². The number of benzene rings is 2. The van der Waals surface area contributed by atoms with Gasteiger partial charge in [-0.2, -0.15) is 0 Å². The lowest BCUT2D eigenvalue weighted by Gasteiger charge is -2.11. The molecule has 0 saturated heterocycles. The monoisotopic (exact) mass is 477 g/mol. The number of pyridine rings is 2. The van der Waals surface area contributed by atoms with E-state index in [-0.39, 0.29) is 24.5 Å². The quantitative estimate of drug-likeness (QED) is 0.183. The second-order valence-corrected chi connectivity index (χ2v) is 7.73. The van der Waals surface area contributed by atoms with Crippen LogP contribution in [0.2, 0.25) is 0 Å². The smallest absolute Gasteiger partial charge is 0.291 e. The van der Waals surface area contributed by atoms with Crippen molar-refractivity contribution < 1.29 is 20.0 Å². The van der Waals surface area contributed by atoms with Gasteiger partial charge >= 0.3 is 0 Å². The van der Waals surface area contributed by atoms with Gasteiger partial charge in [-0.15, -0.1) is 9.46 Å². The van der Waals surface area contributed by atoms with E-state index in [1.807, 2.05) is 0 Å². The number of hydrogen-bond acceptors (Lipinski definition) is 7. The average Bonchev–Trinajstić information content (AvgIpc) is 2.87. The summed E-state index contributed by atoms with van der Waals surface area (Å²) in [5.74, 6) is -1.22. The molecule has 0 aliphatic heterocycles. The molecule has 0 radical (unpaired) electrons. The largest absolute Gasteiger partial charge is 0.425 e. The molecular formula is C24H23N5O6. The van der Waals surface area contributed by atoms with Crippen molar-refractivity contribution in [2.75, 3.05) is 26.2 Å². The van der Waals surface area contributed by atoms with Crippen molar-refractivity contribution in [3.05, 3.63) is 92.8 Å². The first-order valence-corrected chi connectivity index (χ1v) is 10.8. The van der Waals surface area contributed by atoms with Gasteiger partial charge in [-0.1, -0.05) is 36.4 Å². The van der Waals surface area contributed by atoms with Gasteiger partial charge in [0.15, 0.2) is 0 Å². The summed E-state index contributed by atoms with van der Waals surface area (Å²) in [5, 5.41) is 30.0. The molecule has 0 bridgehead atoms. The molecule has 0 spiro atoms. The second kappa shape index (κ2) is 10.1. The molecule has 35 heavy (non-hydrogen) atoms. The minimum Gasteiger partial charge on any atom is -0.425 e. The maximum absolute atomic E-state index is 12.4. The van der Waals surface area contributed by atoms with Gasteiger partial charge in [0.1, 0.15) is 11.4 Å². The molecule has 180 valence electrons. The van der Waals surface area contributed by atoms with Crippen molar-refractivity contribution in [1.82, 2.24) is 25.4 Å². The van der Waals surface area contributed by atoms with Gasteiger partial charge in [0.25, 0.3) is 22.9 Å². The van der Waals surface area contributed by atoms with Gasteiger partial charge < -0.3 is 26.4 Å². The summed E-state index contributed by atoms with van der Waals surface area (Å²) in [5.41, 5.74) is -1.71. The van der Waals surface area contributed by atoms with E-state index in [1.165, 1.54) is 12.1 Å². The van der Waals surface area contributed by atoms with Crippen LogP contribution in [0.4, 0.5) is 0 Å². The van der Waals surface area contributed by atoms with E-state index in [0.717, 1.165) is 0 Å². The zero-order valence-corrected chi connectivity index (χ0v) is 18.5.